The van der Waals surface area contributed by atoms with Crippen molar-refractivity contribution in [1.29, 1.82) is 0 Å². The number of aromatic nitrogens is 1. The number of rotatable bonds is 6. The van der Waals surface area contributed by atoms with E-state index < -0.39 is 0 Å². The zero-order valence-corrected chi connectivity index (χ0v) is 21.8. The summed E-state index contributed by atoms with van der Waals surface area (Å²) < 4.78 is 13.6. The minimum absolute atomic E-state index is 0. The van der Waals surface area contributed by atoms with Crippen LogP contribution in [0.15, 0.2) is 48.5 Å². The van der Waals surface area contributed by atoms with Crippen molar-refractivity contribution in [2.24, 2.45) is 0 Å². The fraction of sp³-hybridized carbons (Fsp3) is 0.407. The van der Waals surface area contributed by atoms with Crippen LogP contribution in [0.2, 0.25) is 0 Å². The maximum absolute atomic E-state index is 13.6. The van der Waals surface area contributed by atoms with Crippen molar-refractivity contribution in [3.8, 4) is 11.3 Å². The smallest absolute Gasteiger partial charge is 0.257 e. The van der Waals surface area contributed by atoms with Gasteiger partial charge in [0.1, 0.15) is 16.5 Å². The molecule has 0 atom stereocenters. The SMILES string of the molecule is Cl.O=C(Nc1nc(-c2ccc(F)cc2)c(N2CCN(C3CCCCC3)CC2)s1)c1ccc(CO)cc1. The average Bonchev–Trinajstić information content (AvgIpc) is 3.33. The van der Waals surface area contributed by atoms with Crippen molar-refractivity contribution in [2.75, 3.05) is 36.4 Å². The van der Waals surface area contributed by atoms with E-state index in [2.05, 4.69) is 15.1 Å². The highest BCUT2D eigenvalue weighted by Crippen LogP contribution is 2.39. The minimum Gasteiger partial charge on any atom is -0.392 e. The van der Waals surface area contributed by atoms with Crippen molar-refractivity contribution in [3.05, 3.63) is 65.5 Å². The van der Waals surface area contributed by atoms with Gasteiger partial charge < -0.3 is 10.0 Å². The average molecular weight is 531 g/mol. The van der Waals surface area contributed by atoms with E-state index in [9.17, 15) is 14.3 Å². The summed E-state index contributed by atoms with van der Waals surface area (Å²) in [6, 6.07) is 13.9. The number of carbonyl (C=O) groups is 1. The van der Waals surface area contributed by atoms with Crippen LogP contribution in [0.25, 0.3) is 11.3 Å². The Labute approximate surface area is 221 Å². The Balaban J connectivity index is 0.00000304. The molecule has 1 aliphatic carbocycles. The highest BCUT2D eigenvalue weighted by atomic mass is 35.5. The number of aliphatic hydroxyl groups excluding tert-OH is 1. The number of anilines is 2. The number of piperazine rings is 1. The highest BCUT2D eigenvalue weighted by molar-refractivity contribution is 7.20. The van der Waals surface area contributed by atoms with E-state index in [1.807, 2.05) is 0 Å². The second kappa shape index (κ2) is 12.1. The summed E-state index contributed by atoms with van der Waals surface area (Å²) in [4.78, 5) is 22.6. The van der Waals surface area contributed by atoms with E-state index >= 15 is 0 Å². The van der Waals surface area contributed by atoms with Crippen LogP contribution in [-0.4, -0.2) is 53.1 Å². The number of aliphatic hydroxyl groups is 1. The molecule has 2 aliphatic rings. The van der Waals surface area contributed by atoms with Crippen molar-refractivity contribution in [2.45, 2.75) is 44.8 Å². The number of benzene rings is 2. The molecule has 9 heteroatoms. The molecule has 0 unspecified atom stereocenters. The lowest BCUT2D eigenvalue weighted by Crippen LogP contribution is -2.50. The minimum atomic E-state index is -0.286. The highest BCUT2D eigenvalue weighted by Gasteiger charge is 2.28. The van der Waals surface area contributed by atoms with Gasteiger partial charge in [0.25, 0.3) is 5.91 Å². The van der Waals surface area contributed by atoms with Crippen LogP contribution in [0.3, 0.4) is 0 Å². The van der Waals surface area contributed by atoms with Crippen molar-refractivity contribution < 1.29 is 14.3 Å². The van der Waals surface area contributed by atoms with Crippen LogP contribution >= 0.6 is 23.7 Å². The van der Waals surface area contributed by atoms with Crippen molar-refractivity contribution in [1.82, 2.24) is 9.88 Å². The number of hydrogen-bond donors (Lipinski definition) is 2. The molecule has 6 nitrogen and oxygen atoms in total. The second-order valence-electron chi connectivity index (χ2n) is 9.30. The molecule has 2 aromatic carbocycles. The van der Waals surface area contributed by atoms with Gasteiger partial charge in [-0.3, -0.25) is 15.0 Å². The normalized spacial score (nSPS) is 17.0. The quantitative estimate of drug-likeness (QED) is 0.436. The molecule has 1 saturated carbocycles. The number of thiazole rings is 1. The maximum Gasteiger partial charge on any atom is 0.257 e. The first kappa shape index (κ1) is 26.5. The third-order valence-corrected chi connectivity index (χ3v) is 8.07. The fourth-order valence-corrected chi connectivity index (χ4v) is 6.08. The molecule has 2 heterocycles. The van der Waals surface area contributed by atoms with E-state index in [4.69, 9.17) is 4.98 Å². The van der Waals surface area contributed by atoms with Crippen molar-refractivity contribution in [3.63, 3.8) is 0 Å². The molecule has 1 aromatic heterocycles. The number of halogens is 2. The largest absolute Gasteiger partial charge is 0.392 e. The topological polar surface area (TPSA) is 68.7 Å². The molecular formula is C27H32ClFN4O2S. The summed E-state index contributed by atoms with van der Waals surface area (Å²) >= 11 is 1.46. The van der Waals surface area contributed by atoms with Gasteiger partial charge in [0, 0.05) is 43.3 Å². The van der Waals surface area contributed by atoms with E-state index in [0.717, 1.165) is 48.0 Å². The number of carbonyl (C=O) groups excluding carboxylic acids is 1. The van der Waals surface area contributed by atoms with Gasteiger partial charge in [0.2, 0.25) is 0 Å². The first-order chi connectivity index (χ1) is 17.1. The van der Waals surface area contributed by atoms with Gasteiger partial charge in [-0.2, -0.15) is 0 Å². The lowest BCUT2D eigenvalue weighted by Gasteiger charge is -2.41. The Bertz CT molecular complexity index is 1140. The third kappa shape index (κ3) is 6.06. The summed E-state index contributed by atoms with van der Waals surface area (Å²) in [6.45, 7) is 3.78. The summed E-state index contributed by atoms with van der Waals surface area (Å²) in [6.07, 6.45) is 6.63. The number of nitrogens with one attached hydrogen (secondary N) is 1. The Morgan fingerprint density at radius 1 is 1.00 bits per heavy atom. The van der Waals surface area contributed by atoms with Gasteiger partial charge in [-0.25, -0.2) is 9.37 Å². The maximum atomic E-state index is 13.6. The molecule has 3 aromatic rings. The van der Waals surface area contributed by atoms with Crippen LogP contribution in [-0.2, 0) is 6.61 Å². The Kier molecular flexibility index (Phi) is 8.95. The Morgan fingerprint density at radius 2 is 1.67 bits per heavy atom. The van der Waals surface area contributed by atoms with Gasteiger partial charge in [-0.05, 0) is 54.8 Å². The fourth-order valence-electron chi connectivity index (χ4n) is 5.04. The van der Waals surface area contributed by atoms with Gasteiger partial charge >= 0.3 is 0 Å². The lowest BCUT2D eigenvalue weighted by molar-refractivity contribution is 0.102. The van der Waals surface area contributed by atoms with Gasteiger partial charge in [-0.15, -0.1) is 12.4 Å². The van der Waals surface area contributed by atoms with Crippen LogP contribution in [0.1, 0.15) is 48.0 Å². The summed E-state index contributed by atoms with van der Waals surface area (Å²) in [7, 11) is 0. The summed E-state index contributed by atoms with van der Waals surface area (Å²) in [5, 5.41) is 13.7. The molecule has 1 aliphatic heterocycles. The van der Waals surface area contributed by atoms with Crippen LogP contribution in [0.5, 0.6) is 0 Å². The molecule has 0 radical (unpaired) electrons. The predicted molar refractivity (Wildman–Crippen MR) is 146 cm³/mol. The Morgan fingerprint density at radius 3 is 2.31 bits per heavy atom. The molecule has 0 bridgehead atoms. The number of nitrogens with zero attached hydrogens (tertiary/aromatic N) is 3. The second-order valence-corrected chi connectivity index (χ2v) is 10.3. The van der Waals surface area contributed by atoms with E-state index in [-0.39, 0.29) is 30.7 Å². The predicted octanol–water partition coefficient (Wildman–Crippen LogP) is 5.57. The van der Waals surface area contributed by atoms with E-state index in [1.54, 1.807) is 36.4 Å². The van der Waals surface area contributed by atoms with Crippen LogP contribution in [0.4, 0.5) is 14.5 Å². The molecular weight excluding hydrogens is 499 g/mol. The Hall–Kier alpha value is -2.52. The molecule has 36 heavy (non-hydrogen) atoms. The molecule has 1 saturated heterocycles. The monoisotopic (exact) mass is 530 g/mol. The van der Waals surface area contributed by atoms with Crippen LogP contribution < -0.4 is 10.2 Å². The van der Waals surface area contributed by atoms with E-state index in [0.29, 0.717) is 16.7 Å². The zero-order valence-electron chi connectivity index (χ0n) is 20.2. The zero-order chi connectivity index (χ0) is 24.2. The molecule has 1 amide bonds. The standard InChI is InChI=1S/C27H31FN4O2S.ClH/c28-22-12-10-20(11-13-22)24-26(32-16-14-31(15-17-32)23-4-2-1-3-5-23)35-27(29-24)30-25(34)21-8-6-19(18-33)7-9-21;/h6-13,23,33H,1-5,14-18H2,(H,29,30,34);1H. The van der Waals surface area contributed by atoms with Gasteiger partial charge in [0.05, 0.1) is 6.61 Å². The van der Waals surface area contributed by atoms with Gasteiger partial charge in [-0.1, -0.05) is 42.7 Å². The van der Waals surface area contributed by atoms with Gasteiger partial charge in [0.15, 0.2) is 5.13 Å². The molecule has 5 rings (SSSR count). The molecule has 2 N–H and O–H groups in total. The molecule has 2 fully saturated rings. The number of hydrogen-bond acceptors (Lipinski definition) is 6. The first-order valence-corrected chi connectivity index (χ1v) is 13.2. The van der Waals surface area contributed by atoms with E-state index in [1.165, 1.54) is 55.6 Å². The molecule has 0 spiro atoms. The third-order valence-electron chi connectivity index (χ3n) is 7.04. The summed E-state index contributed by atoms with van der Waals surface area (Å²) in [5.74, 6) is -0.533. The lowest BCUT2D eigenvalue weighted by atomic mass is 9.94. The molecule has 192 valence electrons. The number of amides is 1. The first-order valence-electron chi connectivity index (χ1n) is 12.4. The van der Waals surface area contributed by atoms with Crippen LogP contribution in [0, 0.1) is 5.82 Å². The summed E-state index contributed by atoms with van der Waals surface area (Å²) in [5.41, 5.74) is 2.86. The van der Waals surface area contributed by atoms with Crippen molar-refractivity contribution >= 4 is 39.8 Å².